The molecule has 2 heterocycles. The van der Waals surface area contributed by atoms with Gasteiger partial charge in [-0.2, -0.15) is 0 Å². The molecule has 4 aromatic rings. The predicted molar refractivity (Wildman–Crippen MR) is 214 cm³/mol. The first-order chi connectivity index (χ1) is 27.4. The molecule has 2 saturated heterocycles. The van der Waals surface area contributed by atoms with Crippen molar-refractivity contribution in [2.75, 3.05) is 7.11 Å². The normalized spacial score (nSPS) is 26.0. The fourth-order valence-corrected chi connectivity index (χ4v) is 9.89. The molecular weight excluding hydrogens is 842 g/mol. The summed E-state index contributed by atoms with van der Waals surface area (Å²) in [6.45, 7) is 6.94. The van der Waals surface area contributed by atoms with Gasteiger partial charge in [0.05, 0.1) is 12.1 Å². The van der Waals surface area contributed by atoms with Crippen molar-refractivity contribution in [3.63, 3.8) is 0 Å². The van der Waals surface area contributed by atoms with Gasteiger partial charge in [-0.15, -0.1) is 0 Å². The summed E-state index contributed by atoms with van der Waals surface area (Å²) < 4.78 is 50.3. The molecule has 2 aliphatic heterocycles. The molecule has 2 fully saturated rings. The number of hydrogen-bond acceptors (Lipinski definition) is 11. The summed E-state index contributed by atoms with van der Waals surface area (Å²) in [4.78, 5) is 26.4. The molecule has 57 heavy (non-hydrogen) atoms. The number of aliphatic hydroxyl groups excluding tert-OH is 1. The van der Waals surface area contributed by atoms with E-state index in [-0.39, 0.29) is 61.7 Å². The van der Waals surface area contributed by atoms with Gasteiger partial charge in [-0.05, 0) is 18.1 Å². The van der Waals surface area contributed by atoms with Crippen LogP contribution in [0.25, 0.3) is 0 Å². The van der Waals surface area contributed by atoms with E-state index in [4.69, 9.17) is 61.1 Å². The van der Waals surface area contributed by atoms with Gasteiger partial charge in [0.15, 0.2) is 11.5 Å². The summed E-state index contributed by atoms with van der Waals surface area (Å²) in [6.07, 6.45) is -7.00. The van der Waals surface area contributed by atoms with Crippen molar-refractivity contribution in [1.82, 2.24) is 0 Å². The molecule has 0 saturated carbocycles. The molecule has 4 aromatic carbocycles. The van der Waals surface area contributed by atoms with E-state index in [9.17, 15) is 14.7 Å². The Morgan fingerprint density at radius 3 is 1.96 bits per heavy atom. The zero-order valence-electron chi connectivity index (χ0n) is 32.2. The average molecular weight is 889 g/mol. The molecule has 9 atom stereocenters. The van der Waals surface area contributed by atoms with Gasteiger partial charge in [-0.25, -0.2) is 0 Å². The van der Waals surface area contributed by atoms with E-state index in [1.807, 2.05) is 97.9 Å². The average Bonchev–Trinajstić information content (AvgIpc) is 3.20. The van der Waals surface area contributed by atoms with E-state index in [2.05, 4.69) is 0 Å². The Morgan fingerprint density at radius 1 is 0.772 bits per heavy atom. The number of halogens is 2. The van der Waals surface area contributed by atoms with E-state index >= 15 is 0 Å². The monoisotopic (exact) mass is 888 g/mol. The fraction of sp³-hybridized carbons (Fsp3) is 0.395. The number of carbonyl (C=O) groups excluding carboxylic acids is 2. The fourth-order valence-electron chi connectivity index (χ4n) is 6.85. The van der Waals surface area contributed by atoms with Crippen molar-refractivity contribution >= 4 is 54.6 Å². The second-order valence-corrected chi connectivity index (χ2v) is 17.0. The second kappa shape index (κ2) is 19.8. The number of aliphatic hydroxyl groups is 1. The Hall–Kier alpha value is -3.68. The summed E-state index contributed by atoms with van der Waals surface area (Å²) in [5.41, 5.74) is 2.14. The van der Waals surface area contributed by atoms with Gasteiger partial charge in [0.25, 0.3) is 0 Å². The molecule has 0 bridgehead atoms. The summed E-state index contributed by atoms with van der Waals surface area (Å²) >= 11 is 13.2. The maximum absolute atomic E-state index is 13.8. The number of carbonyl (C=O) groups is 2. The first-order valence-electron chi connectivity index (χ1n) is 18.6. The molecule has 2 aliphatic rings. The Kier molecular flexibility index (Phi) is 14.9. The number of methoxy groups -OCH3 is 1. The Labute approximate surface area is 348 Å². The minimum atomic E-state index is -1.20. The SMILES string of the molecule is COc1c(Cl)c(OCc2ccccc2)c(Cl)c(C)c1C(=O)O[C@H]1[C@H](O)C[C@H](O[C@H]2[C@H](OCc3ccccc3)[C@@H](OC(C)=O)[C@H]([Se]c3ccccc3)O[C@@H]2C)O[C@@H]1C. The van der Waals surface area contributed by atoms with Crippen LogP contribution in [0.3, 0.4) is 0 Å². The Bertz CT molecular complexity index is 1940. The summed E-state index contributed by atoms with van der Waals surface area (Å²) in [5, 5.41) is 11.1. The molecule has 0 aromatic heterocycles. The summed E-state index contributed by atoms with van der Waals surface area (Å²) in [7, 11) is 1.37. The van der Waals surface area contributed by atoms with Gasteiger partial charge in [-0.1, -0.05) is 53.5 Å². The zero-order valence-corrected chi connectivity index (χ0v) is 35.4. The quantitative estimate of drug-likeness (QED) is 0.109. The Balaban J connectivity index is 1.18. The van der Waals surface area contributed by atoms with E-state index in [1.165, 1.54) is 14.0 Å². The molecule has 0 amide bonds. The second-order valence-electron chi connectivity index (χ2n) is 13.8. The van der Waals surface area contributed by atoms with Crippen molar-refractivity contribution in [3.05, 3.63) is 123 Å². The molecule has 6 rings (SSSR count). The molecular formula is C43H46Cl2O11Se. The minimum absolute atomic E-state index is 0.00468. The van der Waals surface area contributed by atoms with Gasteiger partial charge >= 0.3 is 234 Å². The van der Waals surface area contributed by atoms with Gasteiger partial charge < -0.3 is 9.47 Å². The molecule has 304 valence electrons. The number of rotatable bonds is 14. The van der Waals surface area contributed by atoms with Crippen molar-refractivity contribution < 1.29 is 52.6 Å². The van der Waals surface area contributed by atoms with Crippen LogP contribution in [0.4, 0.5) is 0 Å². The summed E-state index contributed by atoms with van der Waals surface area (Å²) in [5.74, 6) is -1.11. The van der Waals surface area contributed by atoms with Crippen molar-refractivity contribution in [1.29, 1.82) is 0 Å². The number of hydrogen-bond donors (Lipinski definition) is 1. The molecule has 11 nitrogen and oxygen atoms in total. The van der Waals surface area contributed by atoms with E-state index < -0.39 is 66.0 Å². The molecule has 0 radical (unpaired) electrons. The third-order valence-electron chi connectivity index (χ3n) is 9.67. The van der Waals surface area contributed by atoms with Crippen LogP contribution in [-0.2, 0) is 46.4 Å². The number of ether oxygens (including phenoxy) is 8. The maximum atomic E-state index is 13.8. The van der Waals surface area contributed by atoms with Crippen LogP contribution in [0.2, 0.25) is 10.0 Å². The Morgan fingerprint density at radius 2 is 1.37 bits per heavy atom. The van der Waals surface area contributed by atoms with Crippen LogP contribution < -0.4 is 13.9 Å². The standard InChI is InChI=1S/C43H46Cl2O11Se/c1-24-33(38(49-5)35(45)39(34(24)44)50-22-28-15-9-6-10-16-28)42(48)56-36-25(2)52-32(21-31(36)47)55-37-26(3)53-43(57-30-19-13-8-14-20-30)41(54-27(4)46)40(37)51-23-29-17-11-7-12-18-29/h6-20,25-26,31-32,36-37,40-41,43,47H,21-23H2,1-5H3/t25-,26-,31-,32+,36-,37-,40+,41-,43+/m1/s1. The molecule has 0 spiro atoms. The summed E-state index contributed by atoms with van der Waals surface area (Å²) in [6, 6.07) is 29.0. The van der Waals surface area contributed by atoms with Crippen LogP contribution in [-0.4, -0.2) is 93.1 Å². The van der Waals surface area contributed by atoms with Gasteiger partial charge in [0.2, 0.25) is 0 Å². The van der Waals surface area contributed by atoms with Crippen molar-refractivity contribution in [2.45, 2.75) is 101 Å². The van der Waals surface area contributed by atoms with Gasteiger partial charge in [-0.3, -0.25) is 0 Å². The molecule has 14 heteroatoms. The first kappa shape index (κ1) is 42.9. The van der Waals surface area contributed by atoms with Crippen LogP contribution in [0.15, 0.2) is 91.0 Å². The van der Waals surface area contributed by atoms with Crippen molar-refractivity contribution in [3.8, 4) is 11.5 Å². The molecule has 0 unspecified atom stereocenters. The predicted octanol–water partition coefficient (Wildman–Crippen LogP) is 6.59. The van der Waals surface area contributed by atoms with E-state index in [1.54, 1.807) is 13.8 Å². The van der Waals surface area contributed by atoms with Crippen LogP contribution in [0.5, 0.6) is 11.5 Å². The number of benzene rings is 4. The van der Waals surface area contributed by atoms with Crippen molar-refractivity contribution in [2.24, 2.45) is 0 Å². The third kappa shape index (κ3) is 10.5. The molecule has 0 aliphatic carbocycles. The van der Waals surface area contributed by atoms with Crippen LogP contribution in [0, 0.1) is 6.92 Å². The van der Waals surface area contributed by atoms with E-state index in [0.717, 1.165) is 15.6 Å². The van der Waals surface area contributed by atoms with Gasteiger partial charge in [0, 0.05) is 0 Å². The topological polar surface area (TPSA) is 128 Å². The van der Waals surface area contributed by atoms with E-state index in [0.29, 0.717) is 5.56 Å². The van der Waals surface area contributed by atoms with Gasteiger partial charge in [0.1, 0.15) is 11.6 Å². The zero-order chi connectivity index (χ0) is 40.6. The number of esters is 2. The first-order valence-corrected chi connectivity index (χ1v) is 21.2. The van der Waals surface area contributed by atoms with Crippen LogP contribution in [0.1, 0.15) is 54.2 Å². The molecule has 1 N–H and O–H groups in total. The van der Waals surface area contributed by atoms with Crippen LogP contribution >= 0.6 is 23.2 Å². The third-order valence-corrected chi connectivity index (χ3v) is 12.9.